The summed E-state index contributed by atoms with van der Waals surface area (Å²) < 4.78 is 0. The molecule has 0 radical (unpaired) electrons. The monoisotopic (exact) mass is 260 g/mol. The second-order valence-corrected chi connectivity index (χ2v) is 5.40. The number of benzene rings is 1. The third-order valence-corrected chi connectivity index (χ3v) is 4.10. The van der Waals surface area contributed by atoms with Gasteiger partial charge in [-0.15, -0.1) is 0 Å². The Morgan fingerprint density at radius 1 is 1.32 bits per heavy atom. The standard InChI is InChI=1S/C16H24N2O/c1-3-18-10-8-14(9-11-18)12-17-16(19)15-7-5-4-6-13(15)2/h4-7,14H,3,8-12H2,1-2H3,(H,17,19). The third-order valence-electron chi connectivity index (χ3n) is 4.10. The van der Waals surface area contributed by atoms with Crippen LogP contribution in [0.3, 0.4) is 0 Å². The van der Waals surface area contributed by atoms with Crippen LogP contribution in [0, 0.1) is 12.8 Å². The molecule has 1 fully saturated rings. The van der Waals surface area contributed by atoms with Crippen LogP contribution in [0.2, 0.25) is 0 Å². The van der Waals surface area contributed by atoms with Crippen molar-refractivity contribution in [3.05, 3.63) is 35.4 Å². The fourth-order valence-electron chi connectivity index (χ4n) is 2.67. The van der Waals surface area contributed by atoms with Crippen LogP contribution in [-0.2, 0) is 0 Å². The summed E-state index contributed by atoms with van der Waals surface area (Å²) in [5, 5.41) is 3.08. The fourth-order valence-corrected chi connectivity index (χ4v) is 2.67. The molecule has 0 saturated carbocycles. The van der Waals surface area contributed by atoms with Crippen LogP contribution in [0.25, 0.3) is 0 Å². The number of carbonyl (C=O) groups is 1. The summed E-state index contributed by atoms with van der Waals surface area (Å²) in [4.78, 5) is 14.6. The van der Waals surface area contributed by atoms with Gasteiger partial charge in [-0.2, -0.15) is 0 Å². The average Bonchev–Trinajstić information content (AvgIpc) is 2.46. The largest absolute Gasteiger partial charge is 0.352 e. The molecule has 0 aliphatic carbocycles. The number of aryl methyl sites for hydroxylation is 1. The van der Waals surface area contributed by atoms with Gasteiger partial charge in [-0.3, -0.25) is 4.79 Å². The zero-order valence-corrected chi connectivity index (χ0v) is 12.0. The average molecular weight is 260 g/mol. The van der Waals surface area contributed by atoms with Crippen LogP contribution >= 0.6 is 0 Å². The number of piperidine rings is 1. The van der Waals surface area contributed by atoms with E-state index in [1.54, 1.807) is 0 Å². The first-order chi connectivity index (χ1) is 9.20. The van der Waals surface area contributed by atoms with Crippen LogP contribution in [-0.4, -0.2) is 37.0 Å². The minimum absolute atomic E-state index is 0.0658. The van der Waals surface area contributed by atoms with E-state index in [1.807, 2.05) is 31.2 Å². The fraction of sp³-hybridized carbons (Fsp3) is 0.562. The van der Waals surface area contributed by atoms with E-state index in [9.17, 15) is 4.79 Å². The Morgan fingerprint density at radius 3 is 2.63 bits per heavy atom. The van der Waals surface area contributed by atoms with Gasteiger partial charge < -0.3 is 10.2 Å². The lowest BCUT2D eigenvalue weighted by atomic mass is 9.96. The number of carbonyl (C=O) groups excluding carboxylic acids is 1. The number of hydrogen-bond donors (Lipinski definition) is 1. The van der Waals surface area contributed by atoms with Crippen molar-refractivity contribution in [2.45, 2.75) is 26.7 Å². The summed E-state index contributed by atoms with van der Waals surface area (Å²) >= 11 is 0. The highest BCUT2D eigenvalue weighted by molar-refractivity contribution is 5.95. The van der Waals surface area contributed by atoms with Gasteiger partial charge in [0.1, 0.15) is 0 Å². The Morgan fingerprint density at radius 2 is 2.00 bits per heavy atom. The number of hydrogen-bond acceptors (Lipinski definition) is 2. The molecule has 0 unspecified atom stereocenters. The zero-order valence-electron chi connectivity index (χ0n) is 12.0. The molecular formula is C16H24N2O. The Hall–Kier alpha value is -1.35. The first-order valence-electron chi connectivity index (χ1n) is 7.27. The molecule has 1 N–H and O–H groups in total. The van der Waals surface area contributed by atoms with Gasteiger partial charge in [-0.1, -0.05) is 25.1 Å². The van der Waals surface area contributed by atoms with Gasteiger partial charge in [0.05, 0.1) is 0 Å². The van der Waals surface area contributed by atoms with Crippen molar-refractivity contribution in [3.63, 3.8) is 0 Å². The number of rotatable bonds is 4. The van der Waals surface area contributed by atoms with Gasteiger partial charge in [0.2, 0.25) is 0 Å². The van der Waals surface area contributed by atoms with E-state index < -0.39 is 0 Å². The maximum Gasteiger partial charge on any atom is 0.251 e. The highest BCUT2D eigenvalue weighted by Crippen LogP contribution is 2.16. The molecule has 1 aromatic rings. The van der Waals surface area contributed by atoms with Crippen LogP contribution in [0.15, 0.2) is 24.3 Å². The number of nitrogens with one attached hydrogen (secondary N) is 1. The molecule has 0 spiro atoms. The molecule has 19 heavy (non-hydrogen) atoms. The van der Waals surface area contributed by atoms with Crippen molar-refractivity contribution < 1.29 is 4.79 Å². The van der Waals surface area contributed by atoms with Gasteiger partial charge in [-0.25, -0.2) is 0 Å². The molecule has 1 aliphatic heterocycles. The summed E-state index contributed by atoms with van der Waals surface area (Å²) in [6.45, 7) is 8.48. The Bertz CT molecular complexity index is 423. The van der Waals surface area contributed by atoms with E-state index in [0.29, 0.717) is 5.92 Å². The van der Waals surface area contributed by atoms with Crippen molar-refractivity contribution in [1.82, 2.24) is 10.2 Å². The van der Waals surface area contributed by atoms with Crippen molar-refractivity contribution >= 4 is 5.91 Å². The first kappa shape index (κ1) is 14.1. The summed E-state index contributed by atoms with van der Waals surface area (Å²) in [7, 11) is 0. The number of nitrogens with zero attached hydrogens (tertiary/aromatic N) is 1. The molecule has 1 saturated heterocycles. The molecular weight excluding hydrogens is 236 g/mol. The van der Waals surface area contributed by atoms with E-state index in [4.69, 9.17) is 0 Å². The smallest absolute Gasteiger partial charge is 0.251 e. The van der Waals surface area contributed by atoms with E-state index in [2.05, 4.69) is 17.1 Å². The van der Waals surface area contributed by atoms with E-state index in [1.165, 1.54) is 25.9 Å². The SMILES string of the molecule is CCN1CCC(CNC(=O)c2ccccc2C)CC1. The van der Waals surface area contributed by atoms with Gasteiger partial charge in [-0.05, 0) is 56.9 Å². The Kier molecular flexibility index (Phi) is 4.97. The third kappa shape index (κ3) is 3.80. The maximum absolute atomic E-state index is 12.1. The summed E-state index contributed by atoms with van der Waals surface area (Å²) in [6.07, 6.45) is 2.39. The quantitative estimate of drug-likeness (QED) is 0.902. The van der Waals surface area contributed by atoms with Gasteiger partial charge in [0, 0.05) is 12.1 Å². The van der Waals surface area contributed by atoms with Crippen molar-refractivity contribution in [2.75, 3.05) is 26.2 Å². The lowest BCUT2D eigenvalue weighted by molar-refractivity contribution is 0.0936. The van der Waals surface area contributed by atoms with Crippen molar-refractivity contribution in [1.29, 1.82) is 0 Å². The van der Waals surface area contributed by atoms with Gasteiger partial charge in [0.15, 0.2) is 0 Å². The molecule has 1 aromatic carbocycles. The summed E-state index contributed by atoms with van der Waals surface area (Å²) in [5.74, 6) is 0.701. The molecule has 0 atom stereocenters. The van der Waals surface area contributed by atoms with Crippen LogP contribution in [0.5, 0.6) is 0 Å². The van der Waals surface area contributed by atoms with E-state index in [0.717, 1.165) is 24.2 Å². The van der Waals surface area contributed by atoms with Crippen LogP contribution < -0.4 is 5.32 Å². The molecule has 1 heterocycles. The van der Waals surface area contributed by atoms with Gasteiger partial charge in [0.25, 0.3) is 5.91 Å². The number of amides is 1. The molecule has 3 nitrogen and oxygen atoms in total. The molecule has 1 aliphatic rings. The van der Waals surface area contributed by atoms with Crippen LogP contribution in [0.4, 0.5) is 0 Å². The second kappa shape index (κ2) is 6.71. The van der Waals surface area contributed by atoms with Crippen molar-refractivity contribution in [2.24, 2.45) is 5.92 Å². The molecule has 0 bridgehead atoms. The van der Waals surface area contributed by atoms with Crippen molar-refractivity contribution in [3.8, 4) is 0 Å². The molecule has 3 heteroatoms. The maximum atomic E-state index is 12.1. The summed E-state index contributed by atoms with van der Waals surface area (Å²) in [6, 6.07) is 7.76. The first-order valence-corrected chi connectivity index (χ1v) is 7.27. The molecule has 104 valence electrons. The zero-order chi connectivity index (χ0) is 13.7. The number of likely N-dealkylation sites (tertiary alicyclic amines) is 1. The Balaban J connectivity index is 1.80. The molecule has 2 rings (SSSR count). The lowest BCUT2D eigenvalue weighted by Gasteiger charge is -2.31. The van der Waals surface area contributed by atoms with Gasteiger partial charge >= 0.3 is 0 Å². The second-order valence-electron chi connectivity index (χ2n) is 5.40. The lowest BCUT2D eigenvalue weighted by Crippen LogP contribution is -2.38. The Labute approximate surface area is 116 Å². The normalized spacial score (nSPS) is 17.4. The molecule has 0 aromatic heterocycles. The predicted molar refractivity (Wildman–Crippen MR) is 78.4 cm³/mol. The highest BCUT2D eigenvalue weighted by Gasteiger charge is 2.18. The van der Waals surface area contributed by atoms with E-state index in [-0.39, 0.29) is 5.91 Å². The molecule has 1 amide bonds. The van der Waals surface area contributed by atoms with Crippen LogP contribution in [0.1, 0.15) is 35.7 Å². The summed E-state index contributed by atoms with van der Waals surface area (Å²) in [5.41, 5.74) is 1.84. The van der Waals surface area contributed by atoms with E-state index >= 15 is 0 Å². The minimum atomic E-state index is 0.0658. The highest BCUT2D eigenvalue weighted by atomic mass is 16.1. The predicted octanol–water partition coefficient (Wildman–Crippen LogP) is 2.46. The topological polar surface area (TPSA) is 32.3 Å². The minimum Gasteiger partial charge on any atom is -0.352 e.